The number of rotatable bonds is 6. The Labute approximate surface area is 162 Å². The zero-order valence-corrected chi connectivity index (χ0v) is 15.7. The van der Waals surface area contributed by atoms with Gasteiger partial charge in [-0.25, -0.2) is 4.99 Å². The van der Waals surface area contributed by atoms with E-state index >= 15 is 0 Å². The molecule has 0 radical (unpaired) electrons. The second kappa shape index (κ2) is 8.52. The molecule has 0 fully saturated rings. The summed E-state index contributed by atoms with van der Waals surface area (Å²) in [6.07, 6.45) is 0. The smallest absolute Gasteiger partial charge is 0.190 e. The van der Waals surface area contributed by atoms with Crippen molar-refractivity contribution in [3.05, 3.63) is 101 Å². The molecule has 1 heterocycles. The molecular formula is C23H20N2OS. The monoisotopic (exact) mass is 372 g/mol. The molecule has 0 amide bonds. The Morgan fingerprint density at radius 3 is 2.11 bits per heavy atom. The number of hydrogen-bond acceptors (Lipinski definition) is 3. The fourth-order valence-electron chi connectivity index (χ4n) is 2.86. The van der Waals surface area contributed by atoms with Crippen LogP contribution in [0.5, 0.6) is 5.75 Å². The molecular weight excluding hydrogens is 352 g/mol. The van der Waals surface area contributed by atoms with Crippen LogP contribution in [-0.4, -0.2) is 11.2 Å². The van der Waals surface area contributed by atoms with Crippen LogP contribution in [0, 0.1) is 0 Å². The third kappa shape index (κ3) is 4.36. The molecule has 0 N–H and O–H groups in total. The third-order valence-electron chi connectivity index (χ3n) is 4.17. The van der Waals surface area contributed by atoms with Crippen LogP contribution >= 0.6 is 11.3 Å². The van der Waals surface area contributed by atoms with Gasteiger partial charge in [0.15, 0.2) is 4.80 Å². The first kappa shape index (κ1) is 17.3. The molecule has 4 aromatic rings. The standard InChI is InChI=1S/C23H20N2OS/c1-4-10-19(11-5-1)22-18-27-23(24-20-12-6-2-7-13-20)25(22)16-17-26-21-14-8-3-9-15-21/h1-15,18H,16-17H2. The van der Waals surface area contributed by atoms with Gasteiger partial charge in [-0.3, -0.25) is 0 Å². The van der Waals surface area contributed by atoms with Gasteiger partial charge in [-0.2, -0.15) is 0 Å². The van der Waals surface area contributed by atoms with Gasteiger partial charge in [0.05, 0.1) is 17.9 Å². The molecule has 1 aromatic heterocycles. The van der Waals surface area contributed by atoms with Gasteiger partial charge in [-0.05, 0) is 29.8 Å². The summed E-state index contributed by atoms with van der Waals surface area (Å²) < 4.78 is 8.15. The Kier molecular flexibility index (Phi) is 5.46. The Balaban J connectivity index is 1.66. The molecule has 0 aliphatic carbocycles. The Hall–Kier alpha value is -3.11. The molecule has 134 valence electrons. The molecule has 0 spiro atoms. The van der Waals surface area contributed by atoms with Crippen molar-refractivity contribution >= 4 is 17.0 Å². The topological polar surface area (TPSA) is 26.5 Å². The quantitative estimate of drug-likeness (QED) is 0.437. The lowest BCUT2D eigenvalue weighted by molar-refractivity contribution is 0.297. The number of aromatic nitrogens is 1. The number of thiazole rings is 1. The number of nitrogens with zero attached hydrogens (tertiary/aromatic N) is 2. The van der Waals surface area contributed by atoms with Crippen molar-refractivity contribution in [3.63, 3.8) is 0 Å². The average Bonchev–Trinajstić information content (AvgIpc) is 3.13. The van der Waals surface area contributed by atoms with Crippen LogP contribution < -0.4 is 9.54 Å². The highest BCUT2D eigenvalue weighted by atomic mass is 32.1. The average molecular weight is 372 g/mol. The summed E-state index contributed by atoms with van der Waals surface area (Å²) in [7, 11) is 0. The molecule has 3 nitrogen and oxygen atoms in total. The molecule has 27 heavy (non-hydrogen) atoms. The lowest BCUT2D eigenvalue weighted by Crippen LogP contribution is -2.20. The molecule has 0 unspecified atom stereocenters. The van der Waals surface area contributed by atoms with E-state index < -0.39 is 0 Å². The van der Waals surface area contributed by atoms with Crippen LogP contribution in [0.2, 0.25) is 0 Å². The molecule has 0 saturated heterocycles. The van der Waals surface area contributed by atoms with E-state index in [9.17, 15) is 0 Å². The van der Waals surface area contributed by atoms with Crippen molar-refractivity contribution in [3.8, 4) is 17.0 Å². The summed E-state index contributed by atoms with van der Waals surface area (Å²) in [6.45, 7) is 1.32. The predicted molar refractivity (Wildman–Crippen MR) is 111 cm³/mol. The Morgan fingerprint density at radius 2 is 1.41 bits per heavy atom. The van der Waals surface area contributed by atoms with Gasteiger partial charge in [0.2, 0.25) is 0 Å². The molecule has 4 rings (SSSR count). The molecule has 0 atom stereocenters. The molecule has 0 bridgehead atoms. The highest BCUT2D eigenvalue weighted by Gasteiger charge is 2.08. The molecule has 3 aromatic carbocycles. The zero-order chi connectivity index (χ0) is 18.3. The van der Waals surface area contributed by atoms with Gasteiger partial charge in [0.25, 0.3) is 0 Å². The number of hydrogen-bond donors (Lipinski definition) is 0. The minimum atomic E-state index is 0.586. The Morgan fingerprint density at radius 1 is 0.778 bits per heavy atom. The molecule has 4 heteroatoms. The van der Waals surface area contributed by atoms with E-state index in [1.54, 1.807) is 11.3 Å². The highest BCUT2D eigenvalue weighted by Crippen LogP contribution is 2.20. The van der Waals surface area contributed by atoms with Gasteiger partial charge >= 0.3 is 0 Å². The van der Waals surface area contributed by atoms with Crippen LogP contribution in [-0.2, 0) is 6.54 Å². The number of benzene rings is 3. The summed E-state index contributed by atoms with van der Waals surface area (Å²) in [4.78, 5) is 5.81. The van der Waals surface area contributed by atoms with Crippen molar-refractivity contribution in [1.82, 2.24) is 4.57 Å². The lowest BCUT2D eigenvalue weighted by atomic mass is 10.2. The molecule has 0 saturated carbocycles. The maximum atomic E-state index is 5.92. The van der Waals surface area contributed by atoms with Gasteiger partial charge in [-0.15, -0.1) is 11.3 Å². The van der Waals surface area contributed by atoms with Gasteiger partial charge < -0.3 is 9.30 Å². The van der Waals surface area contributed by atoms with Gasteiger partial charge in [0.1, 0.15) is 12.4 Å². The van der Waals surface area contributed by atoms with Crippen molar-refractivity contribution in [2.75, 3.05) is 6.61 Å². The van der Waals surface area contributed by atoms with Crippen LogP contribution in [0.1, 0.15) is 0 Å². The first-order valence-electron chi connectivity index (χ1n) is 8.91. The fraction of sp³-hybridized carbons (Fsp3) is 0.0870. The van der Waals surface area contributed by atoms with Crippen LogP contribution in [0.15, 0.2) is 101 Å². The van der Waals surface area contributed by atoms with E-state index in [1.807, 2.05) is 66.7 Å². The first-order valence-corrected chi connectivity index (χ1v) is 9.79. The van der Waals surface area contributed by atoms with E-state index in [4.69, 9.17) is 9.73 Å². The van der Waals surface area contributed by atoms with Crippen LogP contribution in [0.3, 0.4) is 0 Å². The Bertz CT molecular complexity index is 1040. The van der Waals surface area contributed by atoms with E-state index in [-0.39, 0.29) is 0 Å². The number of para-hydroxylation sites is 2. The SMILES string of the molecule is c1ccc(N=c2scc(-c3ccccc3)n2CCOc2ccccc2)cc1. The van der Waals surface area contributed by atoms with E-state index in [0.29, 0.717) is 6.61 Å². The summed E-state index contributed by atoms with van der Waals surface area (Å²) >= 11 is 1.65. The van der Waals surface area contributed by atoms with Crippen LogP contribution in [0.4, 0.5) is 5.69 Å². The van der Waals surface area contributed by atoms with E-state index in [1.165, 1.54) is 5.56 Å². The summed E-state index contributed by atoms with van der Waals surface area (Å²) in [5.41, 5.74) is 3.30. The van der Waals surface area contributed by atoms with Gasteiger partial charge in [-0.1, -0.05) is 66.7 Å². The van der Waals surface area contributed by atoms with E-state index in [2.05, 4.69) is 34.2 Å². The molecule has 0 aliphatic rings. The summed E-state index contributed by atoms with van der Waals surface area (Å²) in [5, 5.41) is 2.17. The van der Waals surface area contributed by atoms with E-state index in [0.717, 1.165) is 28.5 Å². The fourth-order valence-corrected chi connectivity index (χ4v) is 3.81. The zero-order valence-electron chi connectivity index (χ0n) is 14.9. The van der Waals surface area contributed by atoms with Crippen LogP contribution in [0.25, 0.3) is 11.3 Å². The largest absolute Gasteiger partial charge is 0.492 e. The molecule has 0 aliphatic heterocycles. The first-order chi connectivity index (χ1) is 13.4. The van der Waals surface area contributed by atoms with Gasteiger partial charge in [0, 0.05) is 5.38 Å². The minimum Gasteiger partial charge on any atom is -0.492 e. The second-order valence-electron chi connectivity index (χ2n) is 6.03. The van der Waals surface area contributed by atoms with Crippen molar-refractivity contribution in [1.29, 1.82) is 0 Å². The maximum absolute atomic E-state index is 5.92. The normalized spacial score (nSPS) is 11.5. The lowest BCUT2D eigenvalue weighted by Gasteiger charge is -2.11. The maximum Gasteiger partial charge on any atom is 0.190 e. The summed E-state index contributed by atoms with van der Waals surface area (Å²) in [5.74, 6) is 0.885. The van der Waals surface area contributed by atoms with Crippen molar-refractivity contribution in [2.45, 2.75) is 6.54 Å². The second-order valence-corrected chi connectivity index (χ2v) is 6.87. The highest BCUT2D eigenvalue weighted by molar-refractivity contribution is 7.07. The third-order valence-corrected chi connectivity index (χ3v) is 5.04. The van der Waals surface area contributed by atoms with Crippen molar-refractivity contribution in [2.24, 2.45) is 4.99 Å². The number of ether oxygens (including phenoxy) is 1. The predicted octanol–water partition coefficient (Wildman–Crippen LogP) is 5.53. The van der Waals surface area contributed by atoms with Crippen molar-refractivity contribution < 1.29 is 4.74 Å². The minimum absolute atomic E-state index is 0.586. The summed E-state index contributed by atoms with van der Waals surface area (Å²) in [6, 6.07) is 30.4.